The van der Waals surface area contributed by atoms with Crippen LogP contribution in [0.5, 0.6) is 17.2 Å². The lowest BCUT2D eigenvalue weighted by molar-refractivity contribution is -0.122. The zero-order valence-electron chi connectivity index (χ0n) is 19.4. The van der Waals surface area contributed by atoms with E-state index in [1.807, 2.05) is 24.3 Å². The summed E-state index contributed by atoms with van der Waals surface area (Å²) in [4.78, 5) is 29.9. The first-order valence-electron chi connectivity index (χ1n) is 11.3. The Morgan fingerprint density at radius 2 is 1.64 bits per heavy atom. The third kappa shape index (κ3) is 4.69. The van der Waals surface area contributed by atoms with Gasteiger partial charge in [-0.15, -0.1) is 0 Å². The van der Waals surface area contributed by atoms with Gasteiger partial charge in [0.2, 0.25) is 17.6 Å². The van der Waals surface area contributed by atoms with Gasteiger partial charge in [0.25, 0.3) is 0 Å². The third-order valence-corrected chi connectivity index (χ3v) is 6.32. The Balaban J connectivity index is 1.51. The van der Waals surface area contributed by atoms with E-state index >= 15 is 0 Å². The summed E-state index contributed by atoms with van der Waals surface area (Å²) in [5.74, 6) is 0.660. The number of nitrogens with zero attached hydrogens (tertiary/aromatic N) is 2. The largest absolute Gasteiger partial charge is 0.493 e. The van der Waals surface area contributed by atoms with Crippen LogP contribution in [-0.4, -0.2) is 52.8 Å². The number of hydrogen-bond donors (Lipinski definition) is 1. The summed E-state index contributed by atoms with van der Waals surface area (Å²) < 4.78 is 16.2. The van der Waals surface area contributed by atoms with Crippen LogP contribution in [0.1, 0.15) is 25.7 Å². The molecule has 1 atom stereocenters. The number of carbonyl (C=O) groups is 2. The minimum atomic E-state index is -0.453. The van der Waals surface area contributed by atoms with Crippen molar-refractivity contribution in [2.45, 2.75) is 25.7 Å². The Bertz CT molecular complexity index is 994. The van der Waals surface area contributed by atoms with Crippen molar-refractivity contribution in [3.63, 3.8) is 0 Å². The average molecular weight is 454 g/mol. The Kier molecular flexibility index (Phi) is 6.91. The molecule has 8 nitrogen and oxygen atoms in total. The highest BCUT2D eigenvalue weighted by atomic mass is 16.5. The van der Waals surface area contributed by atoms with Crippen molar-refractivity contribution in [1.29, 1.82) is 0 Å². The Morgan fingerprint density at radius 1 is 0.970 bits per heavy atom. The highest BCUT2D eigenvalue weighted by Crippen LogP contribution is 2.42. The molecule has 0 aliphatic carbocycles. The van der Waals surface area contributed by atoms with E-state index in [4.69, 9.17) is 14.2 Å². The van der Waals surface area contributed by atoms with Gasteiger partial charge in [0.05, 0.1) is 44.3 Å². The molecule has 0 saturated carbocycles. The van der Waals surface area contributed by atoms with E-state index in [-0.39, 0.29) is 24.8 Å². The van der Waals surface area contributed by atoms with Crippen LogP contribution in [-0.2, 0) is 9.59 Å². The molecule has 0 spiro atoms. The predicted octanol–water partition coefficient (Wildman–Crippen LogP) is 3.69. The SMILES string of the molecule is COc1cc(N2CC(C(=O)Nc3ccccc3N3CCCCC3)CC2=O)cc(OC)c1OC. The molecule has 0 radical (unpaired) electrons. The molecule has 2 fully saturated rings. The van der Waals surface area contributed by atoms with Crippen molar-refractivity contribution < 1.29 is 23.8 Å². The lowest BCUT2D eigenvalue weighted by Crippen LogP contribution is -2.31. The molecule has 4 rings (SSSR count). The molecule has 33 heavy (non-hydrogen) atoms. The number of methoxy groups -OCH3 is 3. The molecule has 2 aromatic rings. The van der Waals surface area contributed by atoms with Crippen LogP contribution < -0.4 is 29.3 Å². The second-order valence-electron chi connectivity index (χ2n) is 8.34. The number of carbonyl (C=O) groups excluding carboxylic acids is 2. The number of rotatable bonds is 7. The maximum atomic E-state index is 13.1. The molecular formula is C25H31N3O5. The van der Waals surface area contributed by atoms with Crippen molar-refractivity contribution in [2.24, 2.45) is 5.92 Å². The van der Waals surface area contributed by atoms with Crippen molar-refractivity contribution in [3.05, 3.63) is 36.4 Å². The standard InChI is InChI=1S/C25H31N3O5/c1-31-21-14-18(15-22(32-2)24(21)33-3)28-16-17(13-23(28)29)25(30)26-19-9-5-6-10-20(19)27-11-7-4-8-12-27/h5-6,9-10,14-15,17H,4,7-8,11-13,16H2,1-3H3,(H,26,30). The zero-order chi connectivity index (χ0) is 23.4. The van der Waals surface area contributed by atoms with Gasteiger partial charge >= 0.3 is 0 Å². The highest BCUT2D eigenvalue weighted by molar-refractivity contribution is 6.04. The number of ether oxygens (including phenoxy) is 3. The lowest BCUT2D eigenvalue weighted by atomic mass is 10.1. The number of piperidine rings is 1. The molecule has 2 aliphatic rings. The van der Waals surface area contributed by atoms with E-state index in [9.17, 15) is 9.59 Å². The van der Waals surface area contributed by atoms with Crippen molar-refractivity contribution in [3.8, 4) is 17.2 Å². The van der Waals surface area contributed by atoms with Gasteiger partial charge < -0.3 is 29.3 Å². The lowest BCUT2D eigenvalue weighted by Gasteiger charge is -2.30. The van der Waals surface area contributed by atoms with E-state index in [2.05, 4.69) is 10.2 Å². The fourth-order valence-electron chi connectivity index (χ4n) is 4.58. The monoisotopic (exact) mass is 453 g/mol. The van der Waals surface area contributed by atoms with Crippen molar-refractivity contribution >= 4 is 28.9 Å². The van der Waals surface area contributed by atoms with Crippen molar-refractivity contribution in [1.82, 2.24) is 0 Å². The number of nitrogens with one attached hydrogen (secondary N) is 1. The molecule has 0 aromatic heterocycles. The van der Waals surface area contributed by atoms with E-state index < -0.39 is 5.92 Å². The normalized spacial score (nSPS) is 18.3. The van der Waals surface area contributed by atoms with Crippen LogP contribution in [0.15, 0.2) is 36.4 Å². The first-order chi connectivity index (χ1) is 16.0. The number of amides is 2. The first-order valence-corrected chi connectivity index (χ1v) is 11.3. The summed E-state index contributed by atoms with van der Waals surface area (Å²) in [5.41, 5.74) is 2.44. The minimum absolute atomic E-state index is 0.117. The Hall–Kier alpha value is -3.42. The van der Waals surface area contributed by atoms with Gasteiger partial charge in [-0.05, 0) is 31.4 Å². The number of benzene rings is 2. The van der Waals surface area contributed by atoms with Crippen LogP contribution >= 0.6 is 0 Å². The van der Waals surface area contributed by atoms with E-state index in [0.29, 0.717) is 22.9 Å². The molecule has 2 amide bonds. The second kappa shape index (κ2) is 10.0. The van der Waals surface area contributed by atoms with Gasteiger partial charge in [-0.2, -0.15) is 0 Å². The first kappa shape index (κ1) is 22.8. The smallest absolute Gasteiger partial charge is 0.229 e. The predicted molar refractivity (Wildman–Crippen MR) is 128 cm³/mol. The second-order valence-corrected chi connectivity index (χ2v) is 8.34. The summed E-state index contributed by atoms with van der Waals surface area (Å²) in [6.45, 7) is 2.27. The summed E-state index contributed by atoms with van der Waals surface area (Å²) in [5, 5.41) is 3.08. The van der Waals surface area contributed by atoms with Crippen LogP contribution in [0.4, 0.5) is 17.1 Å². The molecule has 0 bridgehead atoms. The van der Waals surface area contributed by atoms with Crippen LogP contribution in [0.25, 0.3) is 0 Å². The summed E-state index contributed by atoms with van der Waals surface area (Å²) >= 11 is 0. The Labute approximate surface area is 194 Å². The Morgan fingerprint density at radius 3 is 2.27 bits per heavy atom. The number of anilines is 3. The van der Waals surface area contributed by atoms with Crippen LogP contribution in [0, 0.1) is 5.92 Å². The maximum absolute atomic E-state index is 13.1. The molecule has 1 N–H and O–H groups in total. The molecule has 1 unspecified atom stereocenters. The quantitative estimate of drug-likeness (QED) is 0.689. The molecular weight excluding hydrogens is 422 g/mol. The number of para-hydroxylation sites is 2. The molecule has 2 aromatic carbocycles. The zero-order valence-corrected chi connectivity index (χ0v) is 19.4. The van der Waals surface area contributed by atoms with Gasteiger partial charge in [-0.1, -0.05) is 12.1 Å². The fraction of sp³-hybridized carbons (Fsp3) is 0.440. The molecule has 2 aliphatic heterocycles. The summed E-state index contributed by atoms with van der Waals surface area (Å²) in [6.07, 6.45) is 3.70. The van der Waals surface area contributed by atoms with Crippen LogP contribution in [0.2, 0.25) is 0 Å². The van der Waals surface area contributed by atoms with Gasteiger partial charge in [0.1, 0.15) is 0 Å². The molecule has 2 heterocycles. The summed E-state index contributed by atoms with van der Waals surface area (Å²) in [7, 11) is 4.59. The minimum Gasteiger partial charge on any atom is -0.493 e. The van der Waals surface area contributed by atoms with E-state index in [1.54, 1.807) is 17.0 Å². The third-order valence-electron chi connectivity index (χ3n) is 6.32. The van der Waals surface area contributed by atoms with Crippen LogP contribution in [0.3, 0.4) is 0 Å². The van der Waals surface area contributed by atoms with E-state index in [1.165, 1.54) is 27.8 Å². The van der Waals surface area contributed by atoms with Gasteiger partial charge in [-0.25, -0.2) is 0 Å². The van der Waals surface area contributed by atoms with Gasteiger partial charge in [-0.3, -0.25) is 9.59 Å². The van der Waals surface area contributed by atoms with Crippen molar-refractivity contribution in [2.75, 3.05) is 56.1 Å². The highest BCUT2D eigenvalue weighted by Gasteiger charge is 2.36. The van der Waals surface area contributed by atoms with Gasteiger partial charge in [0.15, 0.2) is 11.5 Å². The molecule has 2 saturated heterocycles. The molecule has 8 heteroatoms. The fourth-order valence-corrected chi connectivity index (χ4v) is 4.58. The van der Waals surface area contributed by atoms with E-state index in [0.717, 1.165) is 37.3 Å². The van der Waals surface area contributed by atoms with Gasteiger partial charge in [0, 0.05) is 38.2 Å². The molecule has 176 valence electrons. The maximum Gasteiger partial charge on any atom is 0.229 e. The topological polar surface area (TPSA) is 80.3 Å². The number of hydrogen-bond acceptors (Lipinski definition) is 6. The summed E-state index contributed by atoms with van der Waals surface area (Å²) in [6, 6.07) is 11.3. The average Bonchev–Trinajstić information content (AvgIpc) is 3.25.